The molecule has 0 aliphatic rings. The third-order valence-corrected chi connectivity index (χ3v) is 1.46. The van der Waals surface area contributed by atoms with Crippen molar-refractivity contribution in [2.24, 2.45) is 5.73 Å². The van der Waals surface area contributed by atoms with Crippen LogP contribution in [0.25, 0.3) is 6.08 Å². The van der Waals surface area contributed by atoms with E-state index in [-0.39, 0.29) is 0 Å². The molecule has 0 radical (unpaired) electrons. The van der Waals surface area contributed by atoms with E-state index in [0.29, 0.717) is 6.54 Å². The molecule has 58 valence electrons. The summed E-state index contributed by atoms with van der Waals surface area (Å²) in [6, 6.07) is 3.96. The standard InChI is InChI=1S/C9H12N2/c1-8-4-3-7-11-9(8)5-2-6-10/h2-5,7H,6,10H2,1H3/b5-2+. The van der Waals surface area contributed by atoms with E-state index in [2.05, 4.69) is 4.98 Å². The predicted octanol–water partition coefficient (Wildman–Crippen LogP) is 1.36. The van der Waals surface area contributed by atoms with E-state index >= 15 is 0 Å². The van der Waals surface area contributed by atoms with Crippen LogP contribution < -0.4 is 5.73 Å². The number of pyridine rings is 1. The molecule has 11 heavy (non-hydrogen) atoms. The van der Waals surface area contributed by atoms with Crippen LogP contribution in [0.5, 0.6) is 0 Å². The molecule has 0 aliphatic carbocycles. The zero-order valence-corrected chi connectivity index (χ0v) is 6.62. The summed E-state index contributed by atoms with van der Waals surface area (Å²) in [5, 5.41) is 0. The lowest BCUT2D eigenvalue weighted by Gasteiger charge is -1.95. The maximum absolute atomic E-state index is 5.31. The van der Waals surface area contributed by atoms with Crippen LogP contribution in [0.1, 0.15) is 11.3 Å². The molecule has 1 aromatic rings. The number of nitrogens with two attached hydrogens (primary N) is 1. The minimum Gasteiger partial charge on any atom is -0.327 e. The lowest BCUT2D eigenvalue weighted by atomic mass is 10.2. The summed E-state index contributed by atoms with van der Waals surface area (Å²) in [5.41, 5.74) is 7.49. The first-order chi connectivity index (χ1) is 5.34. The summed E-state index contributed by atoms with van der Waals surface area (Å²) < 4.78 is 0. The minimum atomic E-state index is 0.565. The van der Waals surface area contributed by atoms with Gasteiger partial charge in [-0.1, -0.05) is 12.1 Å². The molecule has 0 spiro atoms. The van der Waals surface area contributed by atoms with Gasteiger partial charge in [0.2, 0.25) is 0 Å². The van der Waals surface area contributed by atoms with Crippen LogP contribution in [-0.2, 0) is 0 Å². The van der Waals surface area contributed by atoms with Crippen LogP contribution in [0, 0.1) is 6.92 Å². The van der Waals surface area contributed by atoms with Crippen molar-refractivity contribution < 1.29 is 0 Å². The molecular formula is C9H12N2. The smallest absolute Gasteiger partial charge is 0.0656 e. The molecule has 0 saturated carbocycles. The van der Waals surface area contributed by atoms with Gasteiger partial charge in [0.25, 0.3) is 0 Å². The molecule has 1 rings (SSSR count). The van der Waals surface area contributed by atoms with Gasteiger partial charge in [-0.2, -0.15) is 0 Å². The van der Waals surface area contributed by atoms with E-state index < -0.39 is 0 Å². The van der Waals surface area contributed by atoms with Crippen LogP contribution in [0.3, 0.4) is 0 Å². The Labute approximate surface area is 66.8 Å². The van der Waals surface area contributed by atoms with Gasteiger partial charge in [0.1, 0.15) is 0 Å². The molecule has 0 amide bonds. The lowest BCUT2D eigenvalue weighted by molar-refractivity contribution is 1.22. The number of aromatic nitrogens is 1. The van der Waals surface area contributed by atoms with E-state index in [4.69, 9.17) is 5.73 Å². The molecule has 2 heteroatoms. The lowest BCUT2D eigenvalue weighted by Crippen LogP contribution is -1.93. The van der Waals surface area contributed by atoms with Gasteiger partial charge in [0.05, 0.1) is 5.69 Å². The molecule has 1 aromatic heterocycles. The Bertz CT molecular complexity index is 253. The van der Waals surface area contributed by atoms with Gasteiger partial charge in [-0.05, 0) is 24.6 Å². The summed E-state index contributed by atoms with van der Waals surface area (Å²) in [5.74, 6) is 0. The first kappa shape index (κ1) is 7.95. The van der Waals surface area contributed by atoms with Gasteiger partial charge in [0.15, 0.2) is 0 Å². The molecule has 0 atom stereocenters. The zero-order valence-electron chi connectivity index (χ0n) is 6.62. The molecule has 1 heterocycles. The van der Waals surface area contributed by atoms with Crippen LogP contribution in [0.2, 0.25) is 0 Å². The Morgan fingerprint density at radius 3 is 3.09 bits per heavy atom. The van der Waals surface area contributed by atoms with Gasteiger partial charge in [-0.25, -0.2) is 0 Å². The normalized spacial score (nSPS) is 10.7. The van der Waals surface area contributed by atoms with Crippen molar-refractivity contribution in [3.05, 3.63) is 35.7 Å². The Kier molecular flexibility index (Phi) is 2.81. The van der Waals surface area contributed by atoms with Gasteiger partial charge in [-0.3, -0.25) is 4.98 Å². The molecule has 2 nitrogen and oxygen atoms in total. The van der Waals surface area contributed by atoms with Gasteiger partial charge in [-0.15, -0.1) is 0 Å². The first-order valence-corrected chi connectivity index (χ1v) is 3.63. The van der Waals surface area contributed by atoms with E-state index in [0.717, 1.165) is 5.69 Å². The Morgan fingerprint density at radius 1 is 1.64 bits per heavy atom. The fraction of sp³-hybridized carbons (Fsp3) is 0.222. The van der Waals surface area contributed by atoms with E-state index in [9.17, 15) is 0 Å². The van der Waals surface area contributed by atoms with Crippen molar-refractivity contribution in [3.63, 3.8) is 0 Å². The quantitative estimate of drug-likeness (QED) is 0.687. The average Bonchev–Trinajstić information content (AvgIpc) is 2.03. The largest absolute Gasteiger partial charge is 0.327 e. The molecular weight excluding hydrogens is 136 g/mol. The number of aryl methyl sites for hydroxylation is 1. The van der Waals surface area contributed by atoms with Crippen molar-refractivity contribution >= 4 is 6.08 Å². The zero-order chi connectivity index (χ0) is 8.10. The Morgan fingerprint density at radius 2 is 2.45 bits per heavy atom. The first-order valence-electron chi connectivity index (χ1n) is 3.63. The molecule has 0 aliphatic heterocycles. The van der Waals surface area contributed by atoms with Gasteiger partial charge < -0.3 is 5.73 Å². The van der Waals surface area contributed by atoms with Crippen LogP contribution in [0.15, 0.2) is 24.4 Å². The van der Waals surface area contributed by atoms with Crippen molar-refractivity contribution in [3.8, 4) is 0 Å². The SMILES string of the molecule is Cc1cccnc1/C=C/CN. The fourth-order valence-corrected chi connectivity index (χ4v) is 0.852. The van der Waals surface area contributed by atoms with Crippen LogP contribution >= 0.6 is 0 Å². The van der Waals surface area contributed by atoms with Gasteiger partial charge in [0, 0.05) is 12.7 Å². The highest BCUT2D eigenvalue weighted by molar-refractivity contribution is 5.48. The summed E-state index contributed by atoms with van der Waals surface area (Å²) in [7, 11) is 0. The van der Waals surface area contributed by atoms with Gasteiger partial charge >= 0.3 is 0 Å². The second kappa shape index (κ2) is 3.88. The van der Waals surface area contributed by atoms with E-state index in [1.807, 2.05) is 31.2 Å². The Hall–Kier alpha value is -1.15. The number of nitrogens with zero attached hydrogens (tertiary/aromatic N) is 1. The third-order valence-electron chi connectivity index (χ3n) is 1.46. The second-order valence-corrected chi connectivity index (χ2v) is 2.34. The molecule has 0 aromatic carbocycles. The average molecular weight is 148 g/mol. The van der Waals surface area contributed by atoms with Crippen LogP contribution in [0.4, 0.5) is 0 Å². The molecule has 2 N–H and O–H groups in total. The maximum atomic E-state index is 5.31. The van der Waals surface area contributed by atoms with Crippen molar-refractivity contribution in [2.75, 3.05) is 6.54 Å². The summed E-state index contributed by atoms with van der Waals surface area (Å²) in [6.45, 7) is 2.60. The fourth-order valence-electron chi connectivity index (χ4n) is 0.852. The van der Waals surface area contributed by atoms with Crippen molar-refractivity contribution in [1.82, 2.24) is 4.98 Å². The number of hydrogen-bond donors (Lipinski definition) is 1. The second-order valence-electron chi connectivity index (χ2n) is 2.34. The van der Waals surface area contributed by atoms with Crippen molar-refractivity contribution in [2.45, 2.75) is 6.92 Å². The molecule has 0 saturated heterocycles. The predicted molar refractivity (Wildman–Crippen MR) is 47.1 cm³/mol. The van der Waals surface area contributed by atoms with Crippen molar-refractivity contribution in [1.29, 1.82) is 0 Å². The third kappa shape index (κ3) is 2.16. The number of rotatable bonds is 2. The summed E-state index contributed by atoms with van der Waals surface area (Å²) in [6.07, 6.45) is 5.62. The highest BCUT2D eigenvalue weighted by atomic mass is 14.7. The summed E-state index contributed by atoms with van der Waals surface area (Å²) >= 11 is 0. The molecule has 0 fully saturated rings. The molecule has 0 unspecified atom stereocenters. The molecule has 0 bridgehead atoms. The number of hydrogen-bond acceptors (Lipinski definition) is 2. The van der Waals surface area contributed by atoms with Crippen LogP contribution in [-0.4, -0.2) is 11.5 Å². The monoisotopic (exact) mass is 148 g/mol. The minimum absolute atomic E-state index is 0.565. The Balaban J connectivity index is 2.86. The van der Waals surface area contributed by atoms with E-state index in [1.165, 1.54) is 5.56 Å². The topological polar surface area (TPSA) is 38.9 Å². The highest BCUT2D eigenvalue weighted by Crippen LogP contribution is 2.03. The van der Waals surface area contributed by atoms with E-state index in [1.54, 1.807) is 6.20 Å². The summed E-state index contributed by atoms with van der Waals surface area (Å²) in [4.78, 5) is 4.17. The maximum Gasteiger partial charge on any atom is 0.0656 e. The highest BCUT2D eigenvalue weighted by Gasteiger charge is 1.90.